The summed E-state index contributed by atoms with van der Waals surface area (Å²) >= 11 is 0. The molecule has 1 fully saturated rings. The first-order valence-corrected chi connectivity index (χ1v) is 8.19. The molecule has 0 unspecified atom stereocenters. The molecule has 2 aromatic carbocycles. The summed E-state index contributed by atoms with van der Waals surface area (Å²) in [4.78, 5) is 5.17. The maximum absolute atomic E-state index is 14.4. The van der Waals surface area contributed by atoms with Crippen molar-refractivity contribution < 1.29 is 4.39 Å². The Hall–Kier alpha value is -3.31. The Bertz CT molecular complexity index is 1040. The SMILES string of the molecule is N#Cc1cccc(-c2ccc3[nH]c([C@@H]4CCCN4C#N)cc3c2)c1F. The first kappa shape index (κ1) is 15.2. The zero-order chi connectivity index (χ0) is 17.4. The van der Waals surface area contributed by atoms with Crippen LogP contribution in [0.1, 0.15) is 30.1 Å². The number of halogens is 1. The molecule has 0 aliphatic carbocycles. The summed E-state index contributed by atoms with van der Waals surface area (Å²) in [6.07, 6.45) is 4.20. The number of nitrogens with zero attached hydrogens (tertiary/aromatic N) is 3. The predicted molar refractivity (Wildman–Crippen MR) is 92.7 cm³/mol. The van der Waals surface area contributed by atoms with Crippen molar-refractivity contribution in [3.05, 3.63) is 59.5 Å². The van der Waals surface area contributed by atoms with Crippen molar-refractivity contribution in [2.75, 3.05) is 6.54 Å². The van der Waals surface area contributed by atoms with Crippen LogP contribution in [0.2, 0.25) is 0 Å². The van der Waals surface area contributed by atoms with E-state index in [0.29, 0.717) is 5.56 Å². The zero-order valence-electron chi connectivity index (χ0n) is 13.5. The molecule has 5 heteroatoms. The fourth-order valence-corrected chi connectivity index (χ4v) is 3.55. The van der Waals surface area contributed by atoms with Crippen molar-refractivity contribution in [1.29, 1.82) is 10.5 Å². The van der Waals surface area contributed by atoms with Crippen LogP contribution in [0.15, 0.2) is 42.5 Å². The van der Waals surface area contributed by atoms with Gasteiger partial charge in [0, 0.05) is 28.7 Å². The molecule has 1 aliphatic rings. The summed E-state index contributed by atoms with van der Waals surface area (Å²) in [7, 11) is 0. The van der Waals surface area contributed by atoms with E-state index in [1.165, 1.54) is 6.07 Å². The number of hydrogen-bond acceptors (Lipinski definition) is 3. The Kier molecular flexibility index (Phi) is 3.63. The summed E-state index contributed by atoms with van der Waals surface area (Å²) in [5.74, 6) is -0.494. The minimum Gasteiger partial charge on any atom is -0.357 e. The van der Waals surface area contributed by atoms with E-state index in [1.54, 1.807) is 17.0 Å². The molecule has 1 N–H and O–H groups in total. The number of hydrogen-bond donors (Lipinski definition) is 1. The van der Waals surface area contributed by atoms with E-state index in [4.69, 9.17) is 5.26 Å². The summed E-state index contributed by atoms with van der Waals surface area (Å²) in [5.41, 5.74) is 3.17. The molecule has 122 valence electrons. The molecule has 1 aliphatic heterocycles. The van der Waals surface area contributed by atoms with Gasteiger partial charge in [0.1, 0.15) is 11.9 Å². The molecule has 0 bridgehead atoms. The Morgan fingerprint density at radius 2 is 2.04 bits per heavy atom. The number of rotatable bonds is 2. The van der Waals surface area contributed by atoms with Gasteiger partial charge in [-0.15, -0.1) is 0 Å². The third-order valence-electron chi connectivity index (χ3n) is 4.81. The predicted octanol–water partition coefficient (Wildman–Crippen LogP) is 4.46. The van der Waals surface area contributed by atoms with Gasteiger partial charge in [-0.25, -0.2) is 4.39 Å². The topological polar surface area (TPSA) is 66.6 Å². The molecule has 1 saturated heterocycles. The molecule has 0 amide bonds. The molecular formula is C20H15FN4. The molecule has 0 radical (unpaired) electrons. The summed E-state index contributed by atoms with van der Waals surface area (Å²) in [6.45, 7) is 0.786. The molecule has 0 spiro atoms. The first-order chi connectivity index (χ1) is 12.2. The van der Waals surface area contributed by atoms with Crippen molar-refractivity contribution in [2.45, 2.75) is 18.9 Å². The number of aromatic amines is 1. The maximum atomic E-state index is 14.4. The third-order valence-corrected chi connectivity index (χ3v) is 4.81. The second-order valence-corrected chi connectivity index (χ2v) is 6.26. The Labute approximate surface area is 144 Å². The normalized spacial score (nSPS) is 16.8. The number of nitrogens with one attached hydrogen (secondary N) is 1. The van der Waals surface area contributed by atoms with Crippen molar-refractivity contribution >= 4 is 10.9 Å². The Morgan fingerprint density at radius 1 is 1.16 bits per heavy atom. The van der Waals surface area contributed by atoms with E-state index >= 15 is 0 Å². The van der Waals surface area contributed by atoms with Crippen LogP contribution in [0.4, 0.5) is 4.39 Å². The van der Waals surface area contributed by atoms with Crippen LogP contribution in [0.25, 0.3) is 22.0 Å². The second kappa shape index (κ2) is 5.96. The lowest BCUT2D eigenvalue weighted by molar-refractivity contribution is 0.369. The number of nitriles is 2. The lowest BCUT2D eigenvalue weighted by Gasteiger charge is -2.16. The molecule has 2 heterocycles. The Morgan fingerprint density at radius 3 is 2.84 bits per heavy atom. The molecule has 3 aromatic rings. The van der Waals surface area contributed by atoms with Gasteiger partial charge < -0.3 is 9.88 Å². The van der Waals surface area contributed by atoms with E-state index in [-0.39, 0.29) is 11.6 Å². The van der Waals surface area contributed by atoms with Crippen molar-refractivity contribution in [3.63, 3.8) is 0 Å². The average Bonchev–Trinajstić information content (AvgIpc) is 3.27. The van der Waals surface area contributed by atoms with E-state index < -0.39 is 5.82 Å². The molecular weight excluding hydrogens is 315 g/mol. The molecule has 1 aromatic heterocycles. The minimum absolute atomic E-state index is 0.0444. The number of aromatic nitrogens is 1. The lowest BCUT2D eigenvalue weighted by Crippen LogP contribution is -2.17. The molecule has 25 heavy (non-hydrogen) atoms. The van der Waals surface area contributed by atoms with Gasteiger partial charge in [0.2, 0.25) is 0 Å². The molecule has 4 nitrogen and oxygen atoms in total. The maximum Gasteiger partial charge on any atom is 0.179 e. The van der Waals surface area contributed by atoms with Gasteiger partial charge in [0.25, 0.3) is 0 Å². The van der Waals surface area contributed by atoms with Gasteiger partial charge in [-0.05, 0) is 42.7 Å². The number of fused-ring (bicyclic) bond motifs is 1. The standard InChI is InChI=1S/C20H15FN4/c21-20-14(11-22)3-1-4-16(20)13-6-7-17-15(9-13)10-18(24-17)19-5-2-8-25(19)12-23/h1,3-4,6-7,9-10,19,24H,2,5,8H2/t19-/m0/s1. The molecule has 1 atom stereocenters. The van der Waals surface area contributed by atoms with Gasteiger partial charge in [0.05, 0.1) is 11.6 Å². The minimum atomic E-state index is -0.494. The quantitative estimate of drug-likeness (QED) is 0.705. The highest BCUT2D eigenvalue weighted by atomic mass is 19.1. The molecule has 0 saturated carbocycles. The van der Waals surface area contributed by atoms with Crippen molar-refractivity contribution in [3.8, 4) is 23.4 Å². The first-order valence-electron chi connectivity index (χ1n) is 8.19. The highest BCUT2D eigenvalue weighted by Crippen LogP contribution is 2.34. The number of H-pyrrole nitrogens is 1. The van der Waals surface area contributed by atoms with Crippen molar-refractivity contribution in [2.24, 2.45) is 0 Å². The molecule has 4 rings (SSSR count). The van der Waals surface area contributed by atoms with Crippen LogP contribution in [-0.2, 0) is 0 Å². The van der Waals surface area contributed by atoms with Crippen molar-refractivity contribution in [1.82, 2.24) is 9.88 Å². The summed E-state index contributed by atoms with van der Waals surface area (Å²) < 4.78 is 14.4. The van der Waals surface area contributed by atoms with Crippen LogP contribution in [0, 0.1) is 28.6 Å². The van der Waals surface area contributed by atoms with E-state index in [1.807, 2.05) is 30.3 Å². The van der Waals surface area contributed by atoms with Crippen LogP contribution in [-0.4, -0.2) is 16.4 Å². The van der Waals surface area contributed by atoms with E-state index in [0.717, 1.165) is 41.5 Å². The van der Waals surface area contributed by atoms with Gasteiger partial charge in [-0.2, -0.15) is 10.5 Å². The van der Waals surface area contributed by atoms with E-state index in [9.17, 15) is 9.65 Å². The highest BCUT2D eigenvalue weighted by Gasteiger charge is 2.26. The monoisotopic (exact) mass is 330 g/mol. The number of likely N-dealkylation sites (tertiary alicyclic amines) is 1. The van der Waals surface area contributed by atoms with Gasteiger partial charge in [-0.1, -0.05) is 18.2 Å². The van der Waals surface area contributed by atoms with Gasteiger partial charge in [-0.3, -0.25) is 0 Å². The smallest absolute Gasteiger partial charge is 0.179 e. The fourth-order valence-electron chi connectivity index (χ4n) is 3.55. The number of benzene rings is 2. The fraction of sp³-hybridized carbons (Fsp3) is 0.200. The summed E-state index contributed by atoms with van der Waals surface area (Å²) in [6, 6.07) is 14.5. The largest absolute Gasteiger partial charge is 0.357 e. The average molecular weight is 330 g/mol. The lowest BCUT2D eigenvalue weighted by atomic mass is 10.0. The van der Waals surface area contributed by atoms with Crippen LogP contribution >= 0.6 is 0 Å². The van der Waals surface area contributed by atoms with Crippen LogP contribution < -0.4 is 0 Å². The summed E-state index contributed by atoms with van der Waals surface area (Å²) in [5, 5.41) is 19.2. The second-order valence-electron chi connectivity index (χ2n) is 6.26. The van der Waals surface area contributed by atoms with Crippen LogP contribution in [0.3, 0.4) is 0 Å². The highest BCUT2D eigenvalue weighted by molar-refractivity contribution is 5.86. The zero-order valence-corrected chi connectivity index (χ0v) is 13.5. The third kappa shape index (κ3) is 2.51. The Balaban J connectivity index is 1.77. The van der Waals surface area contributed by atoms with Gasteiger partial charge >= 0.3 is 0 Å². The van der Waals surface area contributed by atoms with Crippen LogP contribution in [0.5, 0.6) is 0 Å². The van der Waals surface area contributed by atoms with E-state index in [2.05, 4.69) is 11.2 Å². The van der Waals surface area contributed by atoms with Gasteiger partial charge in [0.15, 0.2) is 6.19 Å².